The molecule has 28 heavy (non-hydrogen) atoms. The number of fused-ring (bicyclic) bond motifs is 1. The molecule has 0 spiro atoms. The quantitative estimate of drug-likeness (QED) is 0.697. The fraction of sp³-hybridized carbons (Fsp3) is 0.238. The maximum atomic E-state index is 12.6. The second kappa shape index (κ2) is 7.90. The van der Waals surface area contributed by atoms with Crippen LogP contribution in [0.3, 0.4) is 0 Å². The fourth-order valence-electron chi connectivity index (χ4n) is 3.22. The monoisotopic (exact) mass is 392 g/mol. The summed E-state index contributed by atoms with van der Waals surface area (Å²) in [5.74, 6) is -0.485. The van der Waals surface area contributed by atoms with Crippen LogP contribution in [0.1, 0.15) is 44.4 Å². The first kappa shape index (κ1) is 18.3. The Morgan fingerprint density at radius 3 is 2.64 bits per heavy atom. The van der Waals surface area contributed by atoms with E-state index in [2.05, 4.69) is 20.6 Å². The Balaban J connectivity index is 1.41. The fourth-order valence-corrected chi connectivity index (χ4v) is 4.26. The van der Waals surface area contributed by atoms with Crippen molar-refractivity contribution >= 4 is 28.3 Å². The molecular formula is C21H20N4O2S. The van der Waals surface area contributed by atoms with Gasteiger partial charge in [0.2, 0.25) is 5.91 Å². The Bertz CT molecular complexity index is 999. The summed E-state index contributed by atoms with van der Waals surface area (Å²) < 4.78 is 0. The number of nitrogens with one attached hydrogen (secondary N) is 2. The van der Waals surface area contributed by atoms with Gasteiger partial charge in [-0.25, -0.2) is 4.98 Å². The minimum atomic E-state index is -0.266. The van der Waals surface area contributed by atoms with E-state index in [0.29, 0.717) is 17.2 Å². The highest BCUT2D eigenvalue weighted by Gasteiger charge is 2.32. The summed E-state index contributed by atoms with van der Waals surface area (Å²) in [6, 6.07) is 11.1. The van der Waals surface area contributed by atoms with Crippen LogP contribution in [0.2, 0.25) is 0 Å². The number of pyridine rings is 1. The maximum Gasteiger partial charge on any atom is 0.257 e. The predicted molar refractivity (Wildman–Crippen MR) is 108 cm³/mol. The molecule has 6 nitrogen and oxygen atoms in total. The first-order chi connectivity index (χ1) is 13.6. The molecule has 7 heteroatoms. The van der Waals surface area contributed by atoms with Crippen LogP contribution in [0.5, 0.6) is 0 Å². The number of rotatable bonds is 5. The van der Waals surface area contributed by atoms with Crippen molar-refractivity contribution in [2.45, 2.75) is 32.2 Å². The highest BCUT2D eigenvalue weighted by Crippen LogP contribution is 2.38. The lowest BCUT2D eigenvalue weighted by atomic mass is 10.1. The number of benzene rings is 1. The van der Waals surface area contributed by atoms with Crippen molar-refractivity contribution in [3.8, 4) is 0 Å². The van der Waals surface area contributed by atoms with Gasteiger partial charge in [0, 0.05) is 29.4 Å². The number of thiazole rings is 1. The zero-order valence-electron chi connectivity index (χ0n) is 15.4. The molecule has 4 rings (SSSR count). The number of aromatic nitrogens is 2. The number of hydrogen-bond acceptors (Lipinski definition) is 5. The highest BCUT2D eigenvalue weighted by atomic mass is 32.1. The Labute approximate surface area is 167 Å². The highest BCUT2D eigenvalue weighted by molar-refractivity contribution is 7.16. The van der Waals surface area contributed by atoms with Gasteiger partial charge in [0.25, 0.3) is 5.91 Å². The lowest BCUT2D eigenvalue weighted by Crippen LogP contribution is -2.28. The average Bonchev–Trinajstić information content (AvgIpc) is 3.27. The third-order valence-electron chi connectivity index (χ3n) is 4.78. The molecule has 1 aliphatic carbocycles. The molecule has 0 bridgehead atoms. The molecule has 1 aliphatic rings. The van der Waals surface area contributed by atoms with Crippen LogP contribution in [0.25, 0.3) is 0 Å². The third-order valence-corrected chi connectivity index (χ3v) is 5.83. The van der Waals surface area contributed by atoms with Crippen molar-refractivity contribution in [1.82, 2.24) is 15.3 Å². The van der Waals surface area contributed by atoms with Crippen LogP contribution in [-0.4, -0.2) is 21.8 Å². The first-order valence-corrected chi connectivity index (χ1v) is 9.96. The SMILES string of the molecule is Cc1ccc(C(=O)Nc2nc3c(s2)CC[C@@H]3C(=O)NCc2ccncc2)cc1. The van der Waals surface area contributed by atoms with Gasteiger partial charge in [-0.2, -0.15) is 0 Å². The molecule has 142 valence electrons. The van der Waals surface area contributed by atoms with Crippen LogP contribution < -0.4 is 10.6 Å². The number of hydrogen-bond donors (Lipinski definition) is 2. The molecule has 0 radical (unpaired) electrons. The molecule has 2 amide bonds. The van der Waals surface area contributed by atoms with Crippen LogP contribution in [0.4, 0.5) is 5.13 Å². The topological polar surface area (TPSA) is 84.0 Å². The summed E-state index contributed by atoms with van der Waals surface area (Å²) >= 11 is 1.45. The molecule has 0 aliphatic heterocycles. The Morgan fingerprint density at radius 1 is 1.14 bits per heavy atom. The van der Waals surface area contributed by atoms with E-state index in [4.69, 9.17) is 0 Å². The first-order valence-electron chi connectivity index (χ1n) is 9.14. The molecule has 0 saturated heterocycles. The summed E-state index contributed by atoms with van der Waals surface area (Å²) in [6.45, 7) is 2.45. The molecule has 0 fully saturated rings. The molecule has 2 N–H and O–H groups in total. The Morgan fingerprint density at radius 2 is 1.89 bits per heavy atom. The van der Waals surface area contributed by atoms with Crippen molar-refractivity contribution in [2.75, 3.05) is 5.32 Å². The molecule has 1 aromatic carbocycles. The minimum absolute atomic E-state index is 0.0303. The van der Waals surface area contributed by atoms with Gasteiger partial charge in [0.05, 0.1) is 11.6 Å². The Kier molecular flexibility index (Phi) is 5.16. The van der Waals surface area contributed by atoms with E-state index in [0.717, 1.165) is 34.5 Å². The normalized spacial score (nSPS) is 15.1. The summed E-state index contributed by atoms with van der Waals surface area (Å²) in [5, 5.41) is 6.37. The molecule has 1 atom stereocenters. The molecule has 3 aromatic rings. The van der Waals surface area contributed by atoms with Gasteiger partial charge in [-0.05, 0) is 49.6 Å². The molecule has 0 saturated carbocycles. The van der Waals surface area contributed by atoms with Crippen LogP contribution >= 0.6 is 11.3 Å². The lowest BCUT2D eigenvalue weighted by molar-refractivity contribution is -0.122. The van der Waals surface area contributed by atoms with E-state index in [1.807, 2.05) is 31.2 Å². The summed E-state index contributed by atoms with van der Waals surface area (Å²) in [7, 11) is 0. The average molecular weight is 392 g/mol. The van der Waals surface area contributed by atoms with Gasteiger partial charge >= 0.3 is 0 Å². The second-order valence-corrected chi connectivity index (χ2v) is 7.90. The van der Waals surface area contributed by atoms with E-state index in [-0.39, 0.29) is 17.7 Å². The standard InChI is InChI=1S/C21H20N4O2S/c1-13-2-4-15(5-3-13)19(26)25-21-24-18-16(6-7-17(18)28-21)20(27)23-12-14-8-10-22-11-9-14/h2-5,8-11,16H,6-7,12H2,1H3,(H,23,27)(H,24,25,26)/t16-/m0/s1. The van der Waals surface area contributed by atoms with Crippen LogP contribution in [0.15, 0.2) is 48.8 Å². The van der Waals surface area contributed by atoms with Crippen molar-refractivity contribution in [3.05, 3.63) is 76.1 Å². The summed E-state index contributed by atoms with van der Waals surface area (Å²) in [6.07, 6.45) is 4.97. The van der Waals surface area contributed by atoms with Gasteiger partial charge in [-0.3, -0.25) is 19.9 Å². The molecule has 2 heterocycles. The van der Waals surface area contributed by atoms with Crippen LogP contribution in [0, 0.1) is 6.92 Å². The zero-order valence-corrected chi connectivity index (χ0v) is 16.3. The van der Waals surface area contributed by atoms with E-state index >= 15 is 0 Å². The second-order valence-electron chi connectivity index (χ2n) is 6.81. The largest absolute Gasteiger partial charge is 0.351 e. The number of amides is 2. The predicted octanol–water partition coefficient (Wildman–Crippen LogP) is 3.45. The lowest BCUT2D eigenvalue weighted by Gasteiger charge is -2.10. The van der Waals surface area contributed by atoms with Crippen LogP contribution in [-0.2, 0) is 17.8 Å². The van der Waals surface area contributed by atoms with Gasteiger partial charge < -0.3 is 5.32 Å². The molecule has 0 unspecified atom stereocenters. The smallest absolute Gasteiger partial charge is 0.257 e. The van der Waals surface area contributed by atoms with Crippen molar-refractivity contribution in [2.24, 2.45) is 0 Å². The summed E-state index contributed by atoms with van der Waals surface area (Å²) in [4.78, 5) is 34.6. The number of nitrogens with zero attached hydrogens (tertiary/aromatic N) is 2. The van der Waals surface area contributed by atoms with E-state index < -0.39 is 0 Å². The molecule has 2 aromatic heterocycles. The zero-order chi connectivity index (χ0) is 19.5. The van der Waals surface area contributed by atoms with E-state index in [1.54, 1.807) is 24.5 Å². The third kappa shape index (κ3) is 3.94. The van der Waals surface area contributed by atoms with E-state index in [9.17, 15) is 9.59 Å². The number of carbonyl (C=O) groups is 2. The number of anilines is 1. The number of aryl methyl sites for hydroxylation is 2. The molecular weight excluding hydrogens is 372 g/mol. The van der Waals surface area contributed by atoms with Gasteiger partial charge in [0.1, 0.15) is 0 Å². The van der Waals surface area contributed by atoms with Gasteiger partial charge in [-0.1, -0.05) is 17.7 Å². The van der Waals surface area contributed by atoms with E-state index in [1.165, 1.54) is 11.3 Å². The van der Waals surface area contributed by atoms with Gasteiger partial charge in [-0.15, -0.1) is 11.3 Å². The Hall–Kier alpha value is -3.06. The van der Waals surface area contributed by atoms with Crippen molar-refractivity contribution in [1.29, 1.82) is 0 Å². The minimum Gasteiger partial charge on any atom is -0.351 e. The maximum absolute atomic E-state index is 12.6. The van der Waals surface area contributed by atoms with Crippen molar-refractivity contribution in [3.63, 3.8) is 0 Å². The van der Waals surface area contributed by atoms with Gasteiger partial charge in [0.15, 0.2) is 5.13 Å². The summed E-state index contributed by atoms with van der Waals surface area (Å²) in [5.41, 5.74) is 3.49. The number of carbonyl (C=O) groups excluding carboxylic acids is 2. The van der Waals surface area contributed by atoms with Crippen molar-refractivity contribution < 1.29 is 9.59 Å².